The summed E-state index contributed by atoms with van der Waals surface area (Å²) in [4.78, 5) is 16.3. The number of benzene rings is 2. The van der Waals surface area contributed by atoms with Gasteiger partial charge in [-0.1, -0.05) is 18.2 Å². The van der Waals surface area contributed by atoms with Crippen LogP contribution >= 0.6 is 0 Å². The molecule has 0 spiro atoms. The fourth-order valence-corrected chi connectivity index (χ4v) is 5.56. The van der Waals surface area contributed by atoms with Crippen molar-refractivity contribution in [3.05, 3.63) is 54.6 Å². The Labute approximate surface area is 146 Å². The van der Waals surface area contributed by atoms with Crippen LogP contribution < -0.4 is 14.5 Å². The van der Waals surface area contributed by atoms with Crippen molar-refractivity contribution in [3.8, 4) is 5.75 Å². The Bertz CT molecular complexity index is 896. The molecule has 25 heavy (non-hydrogen) atoms. The first-order valence-corrected chi connectivity index (χ1v) is 9.84. The molecule has 2 heterocycles. The number of carbonyl (C=O) groups excluding carboxylic acids is 1. The number of amides is 2. The number of nitrogens with zero attached hydrogens (tertiary/aromatic N) is 2. The summed E-state index contributed by atoms with van der Waals surface area (Å²) in [5.41, 5.74) is 1.40. The number of ether oxygens (including phenoxy) is 1. The smallest absolute Gasteiger partial charge is 0.329 e. The topological polar surface area (TPSA) is 66.9 Å². The van der Waals surface area contributed by atoms with Gasteiger partial charge in [-0.3, -0.25) is 9.80 Å². The average molecular weight is 358 g/mol. The van der Waals surface area contributed by atoms with E-state index in [1.54, 1.807) is 41.2 Å². The van der Waals surface area contributed by atoms with Gasteiger partial charge in [0.25, 0.3) is 0 Å². The van der Waals surface area contributed by atoms with Crippen LogP contribution in [-0.2, 0) is 9.84 Å². The highest BCUT2D eigenvalue weighted by molar-refractivity contribution is 7.91. The van der Waals surface area contributed by atoms with Gasteiger partial charge in [0, 0.05) is 11.4 Å². The van der Waals surface area contributed by atoms with E-state index in [9.17, 15) is 13.2 Å². The number of para-hydroxylation sites is 1. The van der Waals surface area contributed by atoms with E-state index in [2.05, 4.69) is 0 Å². The molecule has 2 aromatic carbocycles. The Morgan fingerprint density at radius 3 is 1.92 bits per heavy atom. The van der Waals surface area contributed by atoms with E-state index in [1.807, 2.05) is 30.3 Å². The molecule has 2 unspecified atom stereocenters. The van der Waals surface area contributed by atoms with E-state index < -0.39 is 9.84 Å². The molecule has 2 amide bonds. The normalized spacial score (nSPS) is 24.4. The summed E-state index contributed by atoms with van der Waals surface area (Å²) in [7, 11) is -1.61. The largest absolute Gasteiger partial charge is 0.497 e. The lowest BCUT2D eigenvalue weighted by molar-refractivity contribution is 0.255. The zero-order chi connectivity index (χ0) is 17.6. The molecule has 0 saturated carbocycles. The molecule has 2 aliphatic rings. The maximum atomic E-state index is 13.1. The molecule has 2 atom stereocenters. The van der Waals surface area contributed by atoms with E-state index in [0.29, 0.717) is 11.4 Å². The van der Waals surface area contributed by atoms with Gasteiger partial charge in [-0.2, -0.15) is 0 Å². The highest BCUT2D eigenvalue weighted by atomic mass is 32.2. The maximum absolute atomic E-state index is 13.1. The molecule has 6 nitrogen and oxygen atoms in total. The SMILES string of the molecule is COc1ccc(N2C(=O)N(c3ccccc3)C3CS(=O)(=O)CC32)cc1. The Morgan fingerprint density at radius 2 is 1.40 bits per heavy atom. The number of rotatable bonds is 3. The number of carbonyl (C=O) groups is 1. The fraction of sp³-hybridized carbons (Fsp3) is 0.278. The second-order valence-electron chi connectivity index (χ2n) is 6.27. The van der Waals surface area contributed by atoms with Gasteiger partial charge in [0.15, 0.2) is 9.84 Å². The molecule has 130 valence electrons. The molecular formula is C18H18N2O4S. The van der Waals surface area contributed by atoms with Crippen LogP contribution in [0.1, 0.15) is 0 Å². The molecule has 0 radical (unpaired) electrons. The lowest BCUT2D eigenvalue weighted by Crippen LogP contribution is -2.37. The van der Waals surface area contributed by atoms with Gasteiger partial charge in [0.2, 0.25) is 0 Å². The van der Waals surface area contributed by atoms with E-state index in [4.69, 9.17) is 4.74 Å². The molecule has 2 fully saturated rings. The van der Waals surface area contributed by atoms with E-state index in [0.717, 1.165) is 5.69 Å². The molecule has 0 N–H and O–H groups in total. The number of hydrogen-bond donors (Lipinski definition) is 0. The van der Waals surface area contributed by atoms with Crippen molar-refractivity contribution < 1.29 is 17.9 Å². The number of anilines is 2. The third-order valence-electron chi connectivity index (χ3n) is 4.75. The summed E-state index contributed by atoms with van der Waals surface area (Å²) in [6.45, 7) is 0. The number of methoxy groups -OCH3 is 1. The summed E-state index contributed by atoms with van der Waals surface area (Å²) in [6, 6.07) is 15.4. The third kappa shape index (κ3) is 2.64. The fourth-order valence-electron chi connectivity index (χ4n) is 3.64. The molecule has 2 aliphatic heterocycles. The first kappa shape index (κ1) is 16.0. The highest BCUT2D eigenvalue weighted by Crippen LogP contribution is 2.38. The van der Waals surface area contributed by atoms with Gasteiger partial charge in [0.05, 0.1) is 30.7 Å². The Kier molecular flexibility index (Phi) is 3.68. The van der Waals surface area contributed by atoms with Crippen LogP contribution in [0.15, 0.2) is 54.6 Å². The van der Waals surface area contributed by atoms with Crippen LogP contribution in [0, 0.1) is 0 Å². The summed E-state index contributed by atoms with van der Waals surface area (Å²) in [5, 5.41) is 0. The zero-order valence-electron chi connectivity index (χ0n) is 13.7. The van der Waals surface area contributed by atoms with E-state index in [1.165, 1.54) is 0 Å². The number of fused-ring (bicyclic) bond motifs is 1. The van der Waals surface area contributed by atoms with Crippen molar-refractivity contribution in [1.29, 1.82) is 0 Å². The van der Waals surface area contributed by atoms with Gasteiger partial charge < -0.3 is 4.74 Å². The molecule has 2 saturated heterocycles. The summed E-state index contributed by atoms with van der Waals surface area (Å²) < 4.78 is 29.6. The van der Waals surface area contributed by atoms with Crippen molar-refractivity contribution in [3.63, 3.8) is 0 Å². The molecule has 7 heteroatoms. The number of hydrogen-bond acceptors (Lipinski definition) is 4. The molecule has 0 aliphatic carbocycles. The molecule has 4 rings (SSSR count). The molecular weight excluding hydrogens is 340 g/mol. The quantitative estimate of drug-likeness (QED) is 0.790. The second-order valence-corrected chi connectivity index (χ2v) is 8.42. The number of sulfone groups is 1. The average Bonchev–Trinajstić information content (AvgIpc) is 3.04. The summed E-state index contributed by atoms with van der Waals surface area (Å²) in [5.74, 6) is 0.662. The van der Waals surface area contributed by atoms with Crippen molar-refractivity contribution in [2.75, 3.05) is 28.4 Å². The highest BCUT2D eigenvalue weighted by Gasteiger charge is 2.54. The van der Waals surface area contributed by atoms with Crippen LogP contribution in [0.4, 0.5) is 16.2 Å². The van der Waals surface area contributed by atoms with Crippen LogP contribution in [0.25, 0.3) is 0 Å². The van der Waals surface area contributed by atoms with Crippen LogP contribution in [0.5, 0.6) is 5.75 Å². The van der Waals surface area contributed by atoms with Gasteiger partial charge in [-0.25, -0.2) is 13.2 Å². The van der Waals surface area contributed by atoms with Crippen molar-refractivity contribution in [2.45, 2.75) is 12.1 Å². The lowest BCUT2D eigenvalue weighted by atomic mass is 10.1. The van der Waals surface area contributed by atoms with Gasteiger partial charge in [-0.15, -0.1) is 0 Å². The van der Waals surface area contributed by atoms with Crippen LogP contribution in [-0.4, -0.2) is 45.1 Å². The predicted molar refractivity (Wildman–Crippen MR) is 96.0 cm³/mol. The van der Waals surface area contributed by atoms with Crippen molar-refractivity contribution in [2.24, 2.45) is 0 Å². The Morgan fingerprint density at radius 1 is 0.880 bits per heavy atom. The van der Waals surface area contributed by atoms with E-state index in [-0.39, 0.29) is 29.6 Å². The minimum atomic E-state index is -3.18. The monoisotopic (exact) mass is 358 g/mol. The van der Waals surface area contributed by atoms with Gasteiger partial charge >= 0.3 is 6.03 Å². The van der Waals surface area contributed by atoms with Crippen LogP contribution in [0.2, 0.25) is 0 Å². The molecule has 2 aromatic rings. The standard InChI is InChI=1S/C18H18N2O4S/c1-24-15-9-7-14(8-10-15)20-17-12-25(22,23)11-16(17)19(18(20)21)13-5-3-2-4-6-13/h2-10,16-17H,11-12H2,1H3. The minimum Gasteiger partial charge on any atom is -0.497 e. The van der Waals surface area contributed by atoms with Crippen molar-refractivity contribution in [1.82, 2.24) is 0 Å². The van der Waals surface area contributed by atoms with E-state index >= 15 is 0 Å². The van der Waals surface area contributed by atoms with Gasteiger partial charge in [-0.05, 0) is 36.4 Å². The van der Waals surface area contributed by atoms with Crippen LogP contribution in [0.3, 0.4) is 0 Å². The summed E-state index contributed by atoms with van der Waals surface area (Å²) >= 11 is 0. The first-order valence-electron chi connectivity index (χ1n) is 8.02. The third-order valence-corrected chi connectivity index (χ3v) is 6.45. The predicted octanol–water partition coefficient (Wildman–Crippen LogP) is 2.31. The maximum Gasteiger partial charge on any atom is 0.329 e. The second kappa shape index (κ2) is 5.77. The molecule has 0 aromatic heterocycles. The van der Waals surface area contributed by atoms with Crippen molar-refractivity contribution >= 4 is 27.2 Å². The minimum absolute atomic E-state index is 0.00897. The zero-order valence-corrected chi connectivity index (χ0v) is 14.5. The summed E-state index contributed by atoms with van der Waals surface area (Å²) in [6.07, 6.45) is 0. The number of urea groups is 1. The lowest BCUT2D eigenvalue weighted by Gasteiger charge is -2.22. The first-order chi connectivity index (χ1) is 12.0. The molecule has 0 bridgehead atoms. The Hall–Kier alpha value is -2.54. The van der Waals surface area contributed by atoms with Gasteiger partial charge in [0.1, 0.15) is 5.75 Å². The Balaban J connectivity index is 1.77.